The van der Waals surface area contributed by atoms with E-state index in [1.165, 1.54) is 0 Å². The van der Waals surface area contributed by atoms with Crippen LogP contribution in [0.5, 0.6) is 0 Å². The lowest BCUT2D eigenvalue weighted by atomic mass is 10.0. The van der Waals surface area contributed by atoms with Gasteiger partial charge in [0.1, 0.15) is 0 Å². The normalized spacial score (nSPS) is 16.2. The summed E-state index contributed by atoms with van der Waals surface area (Å²) in [5, 5.41) is 1.04. The molecular formula is C17H16N2S2. The third-order valence-corrected chi connectivity index (χ3v) is 4.31. The SMILES string of the molecule is CSC1=N/C(=C(/c2ccccc2)c2ccc(CS)[nH]2)C=C1. The first kappa shape index (κ1) is 14.3. The Morgan fingerprint density at radius 1 is 1.14 bits per heavy atom. The predicted octanol–water partition coefficient (Wildman–Crippen LogP) is 4.54. The molecule has 0 aliphatic carbocycles. The van der Waals surface area contributed by atoms with Crippen molar-refractivity contribution in [1.82, 2.24) is 4.98 Å². The van der Waals surface area contributed by atoms with E-state index in [9.17, 15) is 0 Å². The molecule has 0 saturated heterocycles. The molecule has 0 amide bonds. The monoisotopic (exact) mass is 312 g/mol. The number of thioether (sulfide) groups is 1. The molecule has 0 saturated carbocycles. The number of benzene rings is 1. The van der Waals surface area contributed by atoms with Gasteiger partial charge in [0.25, 0.3) is 0 Å². The molecular weight excluding hydrogens is 296 g/mol. The lowest BCUT2D eigenvalue weighted by molar-refractivity contribution is 1.21. The van der Waals surface area contributed by atoms with E-state index in [1.807, 2.05) is 12.3 Å². The number of aromatic amines is 1. The molecule has 0 bridgehead atoms. The summed E-state index contributed by atoms with van der Waals surface area (Å²) in [4.78, 5) is 8.13. The number of allylic oxidation sites excluding steroid dienone is 1. The summed E-state index contributed by atoms with van der Waals surface area (Å²) in [6.07, 6.45) is 6.18. The molecule has 0 spiro atoms. The van der Waals surface area contributed by atoms with Gasteiger partial charge < -0.3 is 4.98 Å². The Kier molecular flexibility index (Phi) is 4.36. The standard InChI is InChI=1S/C17H16N2S2/c1-21-16-10-9-15(19-16)17(12-5-3-2-4-6-12)14-8-7-13(11-20)18-14/h2-10,18,20H,11H2,1H3/b17-15-. The molecule has 1 aromatic heterocycles. The molecule has 0 unspecified atom stereocenters. The zero-order valence-corrected chi connectivity index (χ0v) is 13.4. The zero-order chi connectivity index (χ0) is 14.7. The Balaban J connectivity index is 2.15. The average molecular weight is 312 g/mol. The van der Waals surface area contributed by atoms with Gasteiger partial charge in [0.2, 0.25) is 0 Å². The molecule has 1 N–H and O–H groups in total. The van der Waals surface area contributed by atoms with Gasteiger partial charge in [0, 0.05) is 22.7 Å². The van der Waals surface area contributed by atoms with Crippen LogP contribution in [0.3, 0.4) is 0 Å². The van der Waals surface area contributed by atoms with Crippen LogP contribution in [0, 0.1) is 0 Å². The van der Waals surface area contributed by atoms with Gasteiger partial charge in [-0.15, -0.1) is 11.8 Å². The van der Waals surface area contributed by atoms with E-state index in [0.717, 1.165) is 33.3 Å². The van der Waals surface area contributed by atoms with E-state index >= 15 is 0 Å². The predicted molar refractivity (Wildman–Crippen MR) is 96.0 cm³/mol. The van der Waals surface area contributed by atoms with Crippen molar-refractivity contribution >= 4 is 35.0 Å². The van der Waals surface area contributed by atoms with Crippen LogP contribution in [0.25, 0.3) is 5.57 Å². The molecule has 2 nitrogen and oxygen atoms in total. The molecule has 4 heteroatoms. The molecule has 1 aromatic carbocycles. The summed E-state index contributed by atoms with van der Waals surface area (Å²) in [7, 11) is 0. The number of aliphatic imine (C=N–C) groups is 1. The molecule has 2 aromatic rings. The summed E-state index contributed by atoms with van der Waals surface area (Å²) < 4.78 is 0. The number of H-pyrrole nitrogens is 1. The minimum Gasteiger partial charge on any atom is -0.358 e. The molecule has 0 atom stereocenters. The quantitative estimate of drug-likeness (QED) is 0.801. The third kappa shape index (κ3) is 3.01. The second-order valence-corrected chi connectivity index (χ2v) is 5.81. The maximum atomic E-state index is 4.70. The van der Waals surface area contributed by atoms with E-state index in [2.05, 4.69) is 66.2 Å². The van der Waals surface area contributed by atoms with Gasteiger partial charge in [0.05, 0.1) is 10.7 Å². The molecule has 1 aliphatic rings. The molecule has 3 rings (SSSR count). The largest absolute Gasteiger partial charge is 0.358 e. The van der Waals surface area contributed by atoms with E-state index < -0.39 is 0 Å². The number of thiol groups is 1. The summed E-state index contributed by atoms with van der Waals surface area (Å²) >= 11 is 5.99. The first-order valence-electron chi connectivity index (χ1n) is 6.71. The molecule has 2 heterocycles. The van der Waals surface area contributed by atoms with Gasteiger partial charge in [-0.1, -0.05) is 30.3 Å². The highest BCUT2D eigenvalue weighted by Gasteiger charge is 2.15. The van der Waals surface area contributed by atoms with E-state index in [1.54, 1.807) is 11.8 Å². The number of rotatable bonds is 3. The van der Waals surface area contributed by atoms with Crippen LogP contribution in [0.15, 0.2) is 65.3 Å². The van der Waals surface area contributed by atoms with Crippen molar-refractivity contribution in [3.05, 3.63) is 77.3 Å². The fourth-order valence-electron chi connectivity index (χ4n) is 2.32. The van der Waals surface area contributed by atoms with Crippen molar-refractivity contribution < 1.29 is 0 Å². The van der Waals surface area contributed by atoms with Crippen molar-refractivity contribution in [2.45, 2.75) is 5.75 Å². The van der Waals surface area contributed by atoms with E-state index in [4.69, 9.17) is 4.99 Å². The number of aromatic nitrogens is 1. The Bertz CT molecular complexity index is 724. The van der Waals surface area contributed by atoms with Gasteiger partial charge in [-0.25, -0.2) is 4.99 Å². The van der Waals surface area contributed by atoms with Crippen LogP contribution in [-0.2, 0) is 5.75 Å². The number of nitrogens with one attached hydrogen (secondary N) is 1. The van der Waals surface area contributed by atoms with Gasteiger partial charge in [0.15, 0.2) is 0 Å². The Hall–Kier alpha value is -1.65. The van der Waals surface area contributed by atoms with Crippen molar-refractivity contribution in [3.8, 4) is 0 Å². The van der Waals surface area contributed by atoms with E-state index in [-0.39, 0.29) is 0 Å². The second-order valence-electron chi connectivity index (χ2n) is 4.67. The fourth-order valence-corrected chi connectivity index (χ4v) is 2.90. The van der Waals surface area contributed by atoms with Crippen molar-refractivity contribution in [2.75, 3.05) is 6.26 Å². The lowest BCUT2D eigenvalue weighted by Gasteiger charge is -2.08. The van der Waals surface area contributed by atoms with Gasteiger partial charge in [-0.3, -0.25) is 0 Å². The molecule has 0 fully saturated rings. The summed E-state index contributed by atoms with van der Waals surface area (Å²) in [6.45, 7) is 0. The van der Waals surface area contributed by atoms with Crippen molar-refractivity contribution in [3.63, 3.8) is 0 Å². The van der Waals surface area contributed by atoms with Crippen LogP contribution >= 0.6 is 24.4 Å². The summed E-state index contributed by atoms with van der Waals surface area (Å²) in [5.74, 6) is 0.701. The van der Waals surface area contributed by atoms with Crippen molar-refractivity contribution in [2.24, 2.45) is 4.99 Å². The van der Waals surface area contributed by atoms with Crippen LogP contribution in [-0.4, -0.2) is 16.3 Å². The Morgan fingerprint density at radius 3 is 2.57 bits per heavy atom. The summed E-state index contributed by atoms with van der Waals surface area (Å²) in [6, 6.07) is 14.5. The lowest BCUT2D eigenvalue weighted by Crippen LogP contribution is -1.92. The maximum absolute atomic E-state index is 4.70. The van der Waals surface area contributed by atoms with Gasteiger partial charge >= 0.3 is 0 Å². The Labute approximate surface area is 134 Å². The maximum Gasteiger partial charge on any atom is 0.0965 e. The van der Waals surface area contributed by atoms with Crippen LogP contribution in [0.1, 0.15) is 17.0 Å². The third-order valence-electron chi connectivity index (χ3n) is 3.33. The first-order valence-corrected chi connectivity index (χ1v) is 8.57. The van der Waals surface area contributed by atoms with Crippen LogP contribution in [0.4, 0.5) is 0 Å². The number of hydrogen-bond donors (Lipinski definition) is 2. The van der Waals surface area contributed by atoms with E-state index in [0.29, 0.717) is 5.75 Å². The smallest absolute Gasteiger partial charge is 0.0965 e. The highest BCUT2D eigenvalue weighted by atomic mass is 32.2. The van der Waals surface area contributed by atoms with Crippen LogP contribution in [0.2, 0.25) is 0 Å². The Morgan fingerprint density at radius 2 is 1.95 bits per heavy atom. The zero-order valence-electron chi connectivity index (χ0n) is 11.7. The minimum absolute atomic E-state index is 0.701. The highest BCUT2D eigenvalue weighted by molar-refractivity contribution is 8.13. The molecule has 0 radical (unpaired) electrons. The topological polar surface area (TPSA) is 28.1 Å². The minimum atomic E-state index is 0.701. The van der Waals surface area contributed by atoms with Crippen LogP contribution < -0.4 is 0 Å². The first-order chi connectivity index (χ1) is 10.3. The number of nitrogens with zero attached hydrogens (tertiary/aromatic N) is 1. The number of hydrogen-bond acceptors (Lipinski definition) is 3. The second kappa shape index (κ2) is 6.41. The van der Waals surface area contributed by atoms with Crippen molar-refractivity contribution in [1.29, 1.82) is 0 Å². The fraction of sp³-hybridized carbons (Fsp3) is 0.118. The molecule has 21 heavy (non-hydrogen) atoms. The molecule has 106 valence electrons. The van der Waals surface area contributed by atoms with Gasteiger partial charge in [-0.2, -0.15) is 12.6 Å². The molecule has 1 aliphatic heterocycles. The highest BCUT2D eigenvalue weighted by Crippen LogP contribution is 2.30. The van der Waals surface area contributed by atoms with Gasteiger partial charge in [-0.05, 0) is 36.1 Å². The average Bonchev–Trinajstić information content (AvgIpc) is 3.18. The summed E-state index contributed by atoms with van der Waals surface area (Å²) in [5.41, 5.74) is 5.48.